The first-order valence-corrected chi connectivity index (χ1v) is 4.64. The summed E-state index contributed by atoms with van der Waals surface area (Å²) < 4.78 is 0. The van der Waals surface area contributed by atoms with Gasteiger partial charge in [-0.15, -0.1) is 0 Å². The molecule has 0 saturated carbocycles. The highest BCUT2D eigenvalue weighted by Crippen LogP contribution is 2.25. The van der Waals surface area contributed by atoms with Gasteiger partial charge in [0.1, 0.15) is 11.5 Å². The summed E-state index contributed by atoms with van der Waals surface area (Å²) in [6.07, 6.45) is 0.718. The maximum atomic E-state index is 9.56. The molecule has 0 amide bonds. The number of hydrogen-bond acceptors (Lipinski definition) is 3. The van der Waals surface area contributed by atoms with Crippen molar-refractivity contribution in [2.24, 2.45) is 0 Å². The zero-order chi connectivity index (χ0) is 10.8. The molecule has 0 aromatic heterocycles. The van der Waals surface area contributed by atoms with Crippen LogP contribution in [-0.2, 0) is 6.42 Å². The third-order valence-corrected chi connectivity index (χ3v) is 2.38. The fraction of sp³-hybridized carbons (Fsp3) is 0.455. The zero-order valence-electron chi connectivity index (χ0n) is 8.83. The minimum Gasteiger partial charge on any atom is -0.508 e. The summed E-state index contributed by atoms with van der Waals surface area (Å²) in [6, 6.07) is 4.69. The largest absolute Gasteiger partial charge is 0.508 e. The predicted octanol–water partition coefficient (Wildman–Crippen LogP) is 1.64. The molecule has 0 atom stereocenters. The molecule has 0 spiro atoms. The summed E-state index contributed by atoms with van der Waals surface area (Å²) in [5.74, 6) is 0.238. The molecule has 1 aromatic carbocycles. The molecule has 0 unspecified atom stereocenters. The van der Waals surface area contributed by atoms with Gasteiger partial charge in [0.25, 0.3) is 0 Å². The summed E-state index contributed by atoms with van der Waals surface area (Å²) >= 11 is 0. The van der Waals surface area contributed by atoms with Crippen LogP contribution in [0.3, 0.4) is 0 Å². The van der Waals surface area contributed by atoms with E-state index >= 15 is 0 Å². The highest BCUT2D eigenvalue weighted by molar-refractivity contribution is 5.39. The SMILES string of the molecule is CNC(C)(C)Cc1ccc(O)cc1O. The number of likely N-dealkylation sites (N-methyl/N-ethyl adjacent to an activating group) is 1. The Kier molecular flexibility index (Phi) is 3.01. The zero-order valence-corrected chi connectivity index (χ0v) is 8.83. The molecule has 0 aliphatic heterocycles. The Morgan fingerprint density at radius 1 is 1.29 bits per heavy atom. The molecule has 0 heterocycles. The number of hydrogen-bond donors (Lipinski definition) is 3. The van der Waals surface area contributed by atoms with Gasteiger partial charge in [0.2, 0.25) is 0 Å². The van der Waals surface area contributed by atoms with Crippen LogP contribution in [0, 0.1) is 0 Å². The van der Waals surface area contributed by atoms with E-state index in [1.807, 2.05) is 7.05 Å². The molecule has 3 heteroatoms. The van der Waals surface area contributed by atoms with Crippen molar-refractivity contribution in [1.29, 1.82) is 0 Å². The van der Waals surface area contributed by atoms with Crippen LogP contribution >= 0.6 is 0 Å². The van der Waals surface area contributed by atoms with Gasteiger partial charge in [0, 0.05) is 11.6 Å². The van der Waals surface area contributed by atoms with Crippen molar-refractivity contribution >= 4 is 0 Å². The van der Waals surface area contributed by atoms with E-state index in [0.29, 0.717) is 0 Å². The summed E-state index contributed by atoms with van der Waals surface area (Å²) in [4.78, 5) is 0. The lowest BCUT2D eigenvalue weighted by Gasteiger charge is -2.24. The van der Waals surface area contributed by atoms with E-state index in [-0.39, 0.29) is 17.0 Å². The van der Waals surface area contributed by atoms with E-state index < -0.39 is 0 Å². The van der Waals surface area contributed by atoms with E-state index in [1.54, 1.807) is 12.1 Å². The van der Waals surface area contributed by atoms with E-state index in [2.05, 4.69) is 19.2 Å². The molecule has 3 nitrogen and oxygen atoms in total. The molecule has 78 valence electrons. The van der Waals surface area contributed by atoms with Crippen LogP contribution in [0.2, 0.25) is 0 Å². The molecule has 0 bridgehead atoms. The highest BCUT2D eigenvalue weighted by atomic mass is 16.3. The van der Waals surface area contributed by atoms with Crippen molar-refractivity contribution in [3.8, 4) is 11.5 Å². The maximum absolute atomic E-state index is 9.56. The first kappa shape index (κ1) is 10.9. The van der Waals surface area contributed by atoms with Gasteiger partial charge in [-0.25, -0.2) is 0 Å². The first-order chi connectivity index (χ1) is 6.44. The number of nitrogens with one attached hydrogen (secondary N) is 1. The van der Waals surface area contributed by atoms with Crippen molar-refractivity contribution < 1.29 is 10.2 Å². The average Bonchev–Trinajstić information content (AvgIpc) is 2.10. The van der Waals surface area contributed by atoms with Crippen LogP contribution in [0.15, 0.2) is 18.2 Å². The second-order valence-corrected chi connectivity index (χ2v) is 4.12. The monoisotopic (exact) mass is 195 g/mol. The van der Waals surface area contributed by atoms with Gasteiger partial charge < -0.3 is 15.5 Å². The van der Waals surface area contributed by atoms with Gasteiger partial charge in [0.15, 0.2) is 0 Å². The van der Waals surface area contributed by atoms with Crippen LogP contribution in [0.4, 0.5) is 0 Å². The Bertz CT molecular complexity index is 321. The molecule has 0 radical (unpaired) electrons. The van der Waals surface area contributed by atoms with Crippen molar-refractivity contribution in [1.82, 2.24) is 5.32 Å². The van der Waals surface area contributed by atoms with E-state index in [4.69, 9.17) is 5.11 Å². The Morgan fingerprint density at radius 2 is 1.93 bits per heavy atom. The fourth-order valence-electron chi connectivity index (χ4n) is 1.27. The Morgan fingerprint density at radius 3 is 2.43 bits per heavy atom. The van der Waals surface area contributed by atoms with E-state index in [9.17, 15) is 5.11 Å². The van der Waals surface area contributed by atoms with Gasteiger partial charge in [-0.05, 0) is 38.9 Å². The second-order valence-electron chi connectivity index (χ2n) is 4.12. The third-order valence-electron chi connectivity index (χ3n) is 2.38. The Hall–Kier alpha value is -1.22. The molecule has 14 heavy (non-hydrogen) atoms. The molecule has 0 saturated heterocycles. The quantitative estimate of drug-likeness (QED) is 0.687. The topological polar surface area (TPSA) is 52.5 Å². The van der Waals surface area contributed by atoms with Crippen molar-refractivity contribution in [3.05, 3.63) is 23.8 Å². The highest BCUT2D eigenvalue weighted by Gasteiger charge is 2.17. The van der Waals surface area contributed by atoms with E-state index in [1.165, 1.54) is 6.07 Å². The van der Waals surface area contributed by atoms with Gasteiger partial charge in [-0.3, -0.25) is 0 Å². The van der Waals surface area contributed by atoms with Gasteiger partial charge in [-0.2, -0.15) is 0 Å². The molecule has 3 N–H and O–H groups in total. The summed E-state index contributed by atoms with van der Waals surface area (Å²) in [6.45, 7) is 4.11. The Labute approximate surface area is 84.4 Å². The number of rotatable bonds is 3. The van der Waals surface area contributed by atoms with E-state index in [0.717, 1.165) is 12.0 Å². The number of benzene rings is 1. The average molecular weight is 195 g/mol. The van der Waals surface area contributed by atoms with Crippen LogP contribution in [0.25, 0.3) is 0 Å². The standard InChI is InChI=1S/C11H17NO2/c1-11(2,12-3)7-8-4-5-9(13)6-10(8)14/h4-6,12-14H,7H2,1-3H3. The van der Waals surface area contributed by atoms with Crippen LogP contribution in [-0.4, -0.2) is 22.8 Å². The van der Waals surface area contributed by atoms with Crippen LogP contribution < -0.4 is 5.32 Å². The molecule has 1 aromatic rings. The first-order valence-electron chi connectivity index (χ1n) is 4.64. The molecule has 0 aliphatic rings. The Balaban J connectivity index is 2.87. The number of phenols is 2. The fourth-order valence-corrected chi connectivity index (χ4v) is 1.27. The lowest BCUT2D eigenvalue weighted by molar-refractivity contribution is 0.402. The smallest absolute Gasteiger partial charge is 0.122 e. The molecule has 0 aliphatic carbocycles. The minimum atomic E-state index is -0.0611. The second kappa shape index (κ2) is 3.88. The molecule has 1 rings (SSSR count). The lowest BCUT2D eigenvalue weighted by Crippen LogP contribution is -2.38. The van der Waals surface area contributed by atoms with Crippen molar-refractivity contribution in [2.45, 2.75) is 25.8 Å². The molecular weight excluding hydrogens is 178 g/mol. The van der Waals surface area contributed by atoms with Gasteiger partial charge >= 0.3 is 0 Å². The van der Waals surface area contributed by atoms with Crippen LogP contribution in [0.1, 0.15) is 19.4 Å². The maximum Gasteiger partial charge on any atom is 0.122 e. The van der Waals surface area contributed by atoms with Gasteiger partial charge in [-0.1, -0.05) is 6.07 Å². The summed E-state index contributed by atoms with van der Waals surface area (Å²) in [7, 11) is 1.89. The third kappa shape index (κ3) is 2.64. The predicted molar refractivity (Wildman–Crippen MR) is 56.6 cm³/mol. The summed E-state index contributed by atoms with van der Waals surface area (Å²) in [5.41, 5.74) is 0.774. The minimum absolute atomic E-state index is 0.0611. The van der Waals surface area contributed by atoms with Crippen molar-refractivity contribution in [3.63, 3.8) is 0 Å². The lowest BCUT2D eigenvalue weighted by atomic mass is 9.94. The van der Waals surface area contributed by atoms with Crippen molar-refractivity contribution in [2.75, 3.05) is 7.05 Å². The normalized spacial score (nSPS) is 11.6. The van der Waals surface area contributed by atoms with Gasteiger partial charge in [0.05, 0.1) is 0 Å². The number of aromatic hydroxyl groups is 2. The molecule has 0 fully saturated rings. The molecular formula is C11H17NO2. The van der Waals surface area contributed by atoms with Crippen LogP contribution in [0.5, 0.6) is 11.5 Å². The summed E-state index contributed by atoms with van der Waals surface area (Å²) in [5, 5.41) is 21.8. The number of phenolic OH excluding ortho intramolecular Hbond substituents is 2.